The highest BCUT2D eigenvalue weighted by Gasteiger charge is 2.39. The topological polar surface area (TPSA) is 64.8 Å². The fourth-order valence-electron chi connectivity index (χ4n) is 3.25. The molecule has 0 unspecified atom stereocenters. The van der Waals surface area contributed by atoms with Crippen LogP contribution in [-0.4, -0.2) is 56.4 Å². The molecular weight excluding hydrogens is 268 g/mol. The highest BCUT2D eigenvalue weighted by atomic mass is 16.5. The molecule has 0 spiro atoms. The van der Waals surface area contributed by atoms with Crippen LogP contribution < -0.4 is 5.73 Å². The van der Waals surface area contributed by atoms with E-state index < -0.39 is 0 Å². The number of nitrogens with two attached hydrogens (primary N) is 1. The predicted octanol–water partition coefficient (Wildman–Crippen LogP) is 1.55. The van der Waals surface area contributed by atoms with E-state index in [1.807, 2.05) is 11.8 Å². The van der Waals surface area contributed by atoms with Gasteiger partial charge in [-0.2, -0.15) is 0 Å². The summed E-state index contributed by atoms with van der Waals surface area (Å²) >= 11 is 0. The number of piperidine rings is 1. The van der Waals surface area contributed by atoms with Crippen LogP contribution in [0.3, 0.4) is 0 Å². The zero-order chi connectivity index (χ0) is 15.1. The molecule has 0 aromatic heterocycles. The Morgan fingerprint density at radius 2 is 2.00 bits per heavy atom. The van der Waals surface area contributed by atoms with Gasteiger partial charge in [-0.1, -0.05) is 6.42 Å². The zero-order valence-electron chi connectivity index (χ0n) is 13.3. The summed E-state index contributed by atoms with van der Waals surface area (Å²) in [5, 5.41) is 0. The molecule has 0 radical (unpaired) electrons. The number of carbonyl (C=O) groups is 1. The smallest absolute Gasteiger partial charge is 0.223 e. The fraction of sp³-hybridized carbons (Fsp3) is 0.938. The largest absolute Gasteiger partial charge is 0.379 e. The van der Waals surface area contributed by atoms with Crippen LogP contribution in [0.2, 0.25) is 0 Å². The lowest BCUT2D eigenvalue weighted by molar-refractivity contribution is -0.138. The van der Waals surface area contributed by atoms with Crippen molar-refractivity contribution in [1.29, 1.82) is 0 Å². The van der Waals surface area contributed by atoms with Crippen LogP contribution in [0.4, 0.5) is 0 Å². The quantitative estimate of drug-likeness (QED) is 0.691. The lowest BCUT2D eigenvalue weighted by Gasteiger charge is -2.42. The van der Waals surface area contributed by atoms with Gasteiger partial charge < -0.3 is 20.1 Å². The molecule has 1 saturated heterocycles. The Balaban J connectivity index is 1.65. The zero-order valence-corrected chi connectivity index (χ0v) is 13.3. The maximum atomic E-state index is 12.4. The normalized spacial score (nSPS) is 22.1. The van der Waals surface area contributed by atoms with E-state index in [4.69, 9.17) is 15.2 Å². The van der Waals surface area contributed by atoms with Gasteiger partial charge in [0.2, 0.25) is 5.91 Å². The lowest BCUT2D eigenvalue weighted by atomic mass is 9.66. The van der Waals surface area contributed by atoms with Gasteiger partial charge in [-0.25, -0.2) is 0 Å². The number of hydrogen-bond acceptors (Lipinski definition) is 4. The van der Waals surface area contributed by atoms with E-state index in [2.05, 4.69) is 0 Å². The van der Waals surface area contributed by atoms with Crippen LogP contribution in [0.5, 0.6) is 0 Å². The Bertz CT molecular complexity index is 318. The highest BCUT2D eigenvalue weighted by molar-refractivity contribution is 5.77. The first-order chi connectivity index (χ1) is 10.2. The molecule has 5 nitrogen and oxygen atoms in total. The van der Waals surface area contributed by atoms with Crippen molar-refractivity contribution in [2.75, 3.05) is 39.5 Å². The van der Waals surface area contributed by atoms with Gasteiger partial charge in [0.1, 0.15) is 0 Å². The van der Waals surface area contributed by atoms with Gasteiger partial charge in [0.25, 0.3) is 0 Å². The van der Waals surface area contributed by atoms with E-state index in [1.165, 1.54) is 6.42 Å². The number of hydrogen-bond donors (Lipinski definition) is 1. The Labute approximate surface area is 128 Å². The molecular formula is C16H30N2O3. The van der Waals surface area contributed by atoms with Crippen LogP contribution in [0.1, 0.15) is 45.4 Å². The van der Waals surface area contributed by atoms with Crippen molar-refractivity contribution in [3.63, 3.8) is 0 Å². The standard InChI is InChI=1S/C16H30N2O3/c1-2-20-10-11-21-14-4-8-18(9-5-14)15(19)12-16(13-17)6-3-7-16/h14H,2-13,17H2,1H3. The Hall–Kier alpha value is -0.650. The number of likely N-dealkylation sites (tertiary alicyclic amines) is 1. The van der Waals surface area contributed by atoms with Crippen molar-refractivity contribution >= 4 is 5.91 Å². The molecule has 1 saturated carbocycles. The number of ether oxygens (including phenoxy) is 2. The first-order valence-corrected chi connectivity index (χ1v) is 8.36. The van der Waals surface area contributed by atoms with Crippen LogP contribution >= 0.6 is 0 Å². The number of nitrogens with zero attached hydrogens (tertiary/aromatic N) is 1. The molecule has 2 aliphatic rings. The summed E-state index contributed by atoms with van der Waals surface area (Å²) in [4.78, 5) is 14.4. The molecule has 1 aliphatic heterocycles. The summed E-state index contributed by atoms with van der Waals surface area (Å²) in [5.41, 5.74) is 5.96. The molecule has 0 aromatic carbocycles. The molecule has 1 aliphatic carbocycles. The molecule has 1 amide bonds. The van der Waals surface area contributed by atoms with Crippen LogP contribution in [0.25, 0.3) is 0 Å². The maximum Gasteiger partial charge on any atom is 0.223 e. The molecule has 0 aromatic rings. The first-order valence-electron chi connectivity index (χ1n) is 8.36. The van der Waals surface area contributed by atoms with Gasteiger partial charge in [0.15, 0.2) is 0 Å². The van der Waals surface area contributed by atoms with Gasteiger partial charge >= 0.3 is 0 Å². The Morgan fingerprint density at radius 3 is 2.52 bits per heavy atom. The second-order valence-corrected chi connectivity index (χ2v) is 6.38. The second-order valence-electron chi connectivity index (χ2n) is 6.38. The van der Waals surface area contributed by atoms with Crippen molar-refractivity contribution in [2.24, 2.45) is 11.1 Å². The second kappa shape index (κ2) is 8.11. The Morgan fingerprint density at radius 1 is 1.29 bits per heavy atom. The van der Waals surface area contributed by atoms with Gasteiger partial charge in [0.05, 0.1) is 19.3 Å². The lowest BCUT2D eigenvalue weighted by Crippen LogP contribution is -2.46. The number of rotatable bonds is 8. The molecule has 2 fully saturated rings. The summed E-state index contributed by atoms with van der Waals surface area (Å²) in [6, 6.07) is 0. The van der Waals surface area contributed by atoms with Crippen molar-refractivity contribution in [1.82, 2.24) is 4.90 Å². The van der Waals surface area contributed by atoms with Crippen molar-refractivity contribution < 1.29 is 14.3 Å². The molecule has 1 heterocycles. The first kappa shape index (κ1) is 16.7. The monoisotopic (exact) mass is 298 g/mol. The molecule has 2 N–H and O–H groups in total. The van der Waals surface area contributed by atoms with Crippen LogP contribution in [0.15, 0.2) is 0 Å². The minimum atomic E-state index is 0.113. The number of amides is 1. The molecule has 0 atom stereocenters. The average molecular weight is 298 g/mol. The average Bonchev–Trinajstić information content (AvgIpc) is 2.48. The predicted molar refractivity (Wildman–Crippen MR) is 82.0 cm³/mol. The van der Waals surface area contributed by atoms with Crippen molar-refractivity contribution in [3.8, 4) is 0 Å². The van der Waals surface area contributed by atoms with Gasteiger partial charge in [-0.3, -0.25) is 4.79 Å². The van der Waals surface area contributed by atoms with E-state index >= 15 is 0 Å². The number of carbonyl (C=O) groups excluding carboxylic acids is 1. The van der Waals surface area contributed by atoms with E-state index in [-0.39, 0.29) is 17.4 Å². The van der Waals surface area contributed by atoms with E-state index in [0.29, 0.717) is 26.2 Å². The summed E-state index contributed by atoms with van der Waals surface area (Å²) in [7, 11) is 0. The van der Waals surface area contributed by atoms with Gasteiger partial charge in [0, 0.05) is 26.1 Å². The third-order valence-corrected chi connectivity index (χ3v) is 4.95. The Kier molecular flexibility index (Phi) is 6.45. The SMILES string of the molecule is CCOCCOC1CCN(C(=O)CC2(CN)CCC2)CC1. The minimum Gasteiger partial charge on any atom is -0.379 e. The maximum absolute atomic E-state index is 12.4. The van der Waals surface area contributed by atoms with Gasteiger partial charge in [-0.15, -0.1) is 0 Å². The van der Waals surface area contributed by atoms with E-state index in [9.17, 15) is 4.79 Å². The molecule has 21 heavy (non-hydrogen) atoms. The van der Waals surface area contributed by atoms with E-state index in [0.717, 1.165) is 45.4 Å². The molecule has 122 valence electrons. The summed E-state index contributed by atoms with van der Waals surface area (Å²) in [6.07, 6.45) is 6.25. The van der Waals surface area contributed by atoms with Crippen LogP contribution in [-0.2, 0) is 14.3 Å². The van der Waals surface area contributed by atoms with E-state index in [1.54, 1.807) is 0 Å². The summed E-state index contributed by atoms with van der Waals surface area (Å²) < 4.78 is 11.1. The summed E-state index contributed by atoms with van der Waals surface area (Å²) in [5.74, 6) is 0.285. The summed E-state index contributed by atoms with van der Waals surface area (Å²) in [6.45, 7) is 6.32. The molecule has 0 bridgehead atoms. The fourth-order valence-corrected chi connectivity index (χ4v) is 3.25. The molecule has 2 rings (SSSR count). The highest BCUT2D eigenvalue weighted by Crippen LogP contribution is 2.43. The minimum absolute atomic E-state index is 0.113. The van der Waals surface area contributed by atoms with Crippen molar-refractivity contribution in [3.05, 3.63) is 0 Å². The third-order valence-electron chi connectivity index (χ3n) is 4.95. The van der Waals surface area contributed by atoms with Crippen molar-refractivity contribution in [2.45, 2.75) is 51.6 Å². The van der Waals surface area contributed by atoms with Crippen LogP contribution in [0, 0.1) is 5.41 Å². The third kappa shape index (κ3) is 4.66. The van der Waals surface area contributed by atoms with Gasteiger partial charge in [-0.05, 0) is 44.6 Å². The molecule has 5 heteroatoms.